The largest absolute Gasteiger partial charge is 0.481 e. The number of rotatable bonds is 4. The second-order valence-electron chi connectivity index (χ2n) is 4.83. The highest BCUT2D eigenvalue weighted by molar-refractivity contribution is 5.77. The van der Waals surface area contributed by atoms with E-state index in [0.717, 1.165) is 19.5 Å². The molecule has 0 aromatic rings. The average molecular weight is 227 g/mol. The highest BCUT2D eigenvalue weighted by Gasteiger charge is 2.25. The maximum Gasteiger partial charge on any atom is 0.303 e. The number of piperidine rings is 1. The van der Waals surface area contributed by atoms with Crippen molar-refractivity contribution in [3.63, 3.8) is 0 Å². The molecular weight excluding hydrogens is 206 g/mol. The first-order chi connectivity index (χ1) is 7.50. The standard InChI is InChI=1S/C12H21NO3/c1-9-6-7-13(8-10(9)2)11(14)4-3-5-12(15)16/h9-10H,3-8H2,1-2H3,(H,15,16). The number of likely N-dealkylation sites (tertiary alicyclic amines) is 1. The molecule has 0 bridgehead atoms. The van der Waals surface area contributed by atoms with Crippen molar-refractivity contribution in [1.29, 1.82) is 0 Å². The van der Waals surface area contributed by atoms with Crippen LogP contribution in [0.25, 0.3) is 0 Å². The van der Waals surface area contributed by atoms with Crippen LogP contribution in [-0.4, -0.2) is 35.0 Å². The molecule has 4 heteroatoms. The van der Waals surface area contributed by atoms with E-state index >= 15 is 0 Å². The van der Waals surface area contributed by atoms with Crippen LogP contribution in [0.3, 0.4) is 0 Å². The Hall–Kier alpha value is -1.06. The van der Waals surface area contributed by atoms with Crippen molar-refractivity contribution in [1.82, 2.24) is 4.90 Å². The number of hydrogen-bond acceptors (Lipinski definition) is 2. The number of aliphatic carboxylic acids is 1. The fraction of sp³-hybridized carbons (Fsp3) is 0.833. The first kappa shape index (κ1) is 13.0. The summed E-state index contributed by atoms with van der Waals surface area (Å²) >= 11 is 0. The Kier molecular flexibility index (Phi) is 4.77. The predicted octanol–water partition coefficient (Wildman–Crippen LogP) is 1.75. The molecule has 1 amide bonds. The van der Waals surface area contributed by atoms with Crippen molar-refractivity contribution in [3.8, 4) is 0 Å². The molecule has 92 valence electrons. The van der Waals surface area contributed by atoms with Gasteiger partial charge in [-0.2, -0.15) is 0 Å². The monoisotopic (exact) mass is 227 g/mol. The summed E-state index contributed by atoms with van der Waals surface area (Å²) in [7, 11) is 0. The van der Waals surface area contributed by atoms with Gasteiger partial charge in [-0.1, -0.05) is 13.8 Å². The summed E-state index contributed by atoms with van der Waals surface area (Å²) in [4.78, 5) is 24.0. The molecule has 1 fully saturated rings. The lowest BCUT2D eigenvalue weighted by Gasteiger charge is -2.35. The third kappa shape index (κ3) is 3.83. The summed E-state index contributed by atoms with van der Waals surface area (Å²) in [5, 5.41) is 8.49. The molecule has 1 heterocycles. The van der Waals surface area contributed by atoms with Crippen molar-refractivity contribution in [2.24, 2.45) is 11.8 Å². The van der Waals surface area contributed by atoms with E-state index < -0.39 is 5.97 Å². The molecule has 16 heavy (non-hydrogen) atoms. The number of hydrogen-bond donors (Lipinski definition) is 1. The first-order valence-corrected chi connectivity index (χ1v) is 6.00. The molecule has 1 saturated heterocycles. The third-order valence-electron chi connectivity index (χ3n) is 3.47. The number of carbonyl (C=O) groups excluding carboxylic acids is 1. The van der Waals surface area contributed by atoms with E-state index in [0.29, 0.717) is 24.7 Å². The Balaban J connectivity index is 2.29. The van der Waals surface area contributed by atoms with Crippen LogP contribution in [0.1, 0.15) is 39.5 Å². The zero-order valence-electron chi connectivity index (χ0n) is 10.1. The second kappa shape index (κ2) is 5.87. The molecule has 0 aromatic carbocycles. The van der Waals surface area contributed by atoms with E-state index in [-0.39, 0.29) is 12.3 Å². The lowest BCUT2D eigenvalue weighted by Crippen LogP contribution is -2.42. The third-order valence-corrected chi connectivity index (χ3v) is 3.47. The molecule has 1 N–H and O–H groups in total. The average Bonchev–Trinajstić information content (AvgIpc) is 2.21. The summed E-state index contributed by atoms with van der Waals surface area (Å²) in [5.41, 5.74) is 0. The van der Waals surface area contributed by atoms with E-state index in [4.69, 9.17) is 5.11 Å². The summed E-state index contributed by atoms with van der Waals surface area (Å²) in [5.74, 6) is 0.522. The molecular formula is C12H21NO3. The fourth-order valence-electron chi connectivity index (χ4n) is 2.04. The molecule has 1 aliphatic rings. The van der Waals surface area contributed by atoms with Gasteiger partial charge in [-0.3, -0.25) is 9.59 Å². The van der Waals surface area contributed by atoms with Crippen molar-refractivity contribution in [2.45, 2.75) is 39.5 Å². The molecule has 0 aliphatic carbocycles. The van der Waals surface area contributed by atoms with E-state index in [1.807, 2.05) is 4.90 Å². The Morgan fingerprint density at radius 3 is 2.50 bits per heavy atom. The van der Waals surface area contributed by atoms with Crippen LogP contribution in [0.2, 0.25) is 0 Å². The summed E-state index contributed by atoms with van der Waals surface area (Å²) in [6.07, 6.45) is 1.97. The summed E-state index contributed by atoms with van der Waals surface area (Å²) in [6.45, 7) is 6.04. The van der Waals surface area contributed by atoms with Gasteiger partial charge in [-0.25, -0.2) is 0 Å². The molecule has 0 radical (unpaired) electrons. The Bertz CT molecular complexity index is 265. The lowest BCUT2D eigenvalue weighted by atomic mass is 9.88. The number of amides is 1. The van der Waals surface area contributed by atoms with E-state index in [1.165, 1.54) is 0 Å². The maximum atomic E-state index is 11.8. The molecule has 2 unspecified atom stereocenters. The molecule has 4 nitrogen and oxygen atoms in total. The Morgan fingerprint density at radius 2 is 1.94 bits per heavy atom. The van der Waals surface area contributed by atoms with Gasteiger partial charge in [-0.05, 0) is 24.7 Å². The molecule has 0 spiro atoms. The van der Waals surface area contributed by atoms with Crippen LogP contribution < -0.4 is 0 Å². The van der Waals surface area contributed by atoms with Gasteiger partial charge in [0.05, 0.1) is 0 Å². The van der Waals surface area contributed by atoms with Gasteiger partial charge >= 0.3 is 5.97 Å². The van der Waals surface area contributed by atoms with Gasteiger partial charge in [0.1, 0.15) is 0 Å². The quantitative estimate of drug-likeness (QED) is 0.796. The maximum absolute atomic E-state index is 11.8. The SMILES string of the molecule is CC1CCN(C(=O)CCCC(=O)O)CC1C. The van der Waals surface area contributed by atoms with E-state index in [1.54, 1.807) is 0 Å². The number of carbonyl (C=O) groups is 2. The fourth-order valence-corrected chi connectivity index (χ4v) is 2.04. The Morgan fingerprint density at radius 1 is 1.25 bits per heavy atom. The smallest absolute Gasteiger partial charge is 0.303 e. The molecule has 1 aliphatic heterocycles. The van der Waals surface area contributed by atoms with Crippen molar-refractivity contribution < 1.29 is 14.7 Å². The second-order valence-corrected chi connectivity index (χ2v) is 4.83. The van der Waals surface area contributed by atoms with Crippen LogP contribution >= 0.6 is 0 Å². The minimum Gasteiger partial charge on any atom is -0.481 e. The van der Waals surface area contributed by atoms with Gasteiger partial charge in [0.15, 0.2) is 0 Å². The molecule has 1 rings (SSSR count). The molecule has 0 aromatic heterocycles. The minimum atomic E-state index is -0.826. The van der Waals surface area contributed by atoms with Crippen LogP contribution in [0.5, 0.6) is 0 Å². The van der Waals surface area contributed by atoms with Gasteiger partial charge in [0.2, 0.25) is 5.91 Å². The summed E-state index contributed by atoms with van der Waals surface area (Å²) in [6, 6.07) is 0. The first-order valence-electron chi connectivity index (χ1n) is 6.00. The minimum absolute atomic E-state index is 0.0888. The number of carboxylic acid groups (broad SMARTS) is 1. The highest BCUT2D eigenvalue weighted by atomic mass is 16.4. The van der Waals surface area contributed by atoms with Crippen LogP contribution in [0.4, 0.5) is 0 Å². The topological polar surface area (TPSA) is 57.6 Å². The normalized spacial score (nSPS) is 25.5. The van der Waals surface area contributed by atoms with Crippen LogP contribution in [0, 0.1) is 11.8 Å². The van der Waals surface area contributed by atoms with Gasteiger partial charge in [0, 0.05) is 25.9 Å². The Labute approximate surface area is 96.6 Å². The molecule has 0 saturated carbocycles. The highest BCUT2D eigenvalue weighted by Crippen LogP contribution is 2.23. The molecule has 2 atom stereocenters. The predicted molar refractivity (Wildman–Crippen MR) is 61.0 cm³/mol. The van der Waals surface area contributed by atoms with Crippen LogP contribution in [-0.2, 0) is 9.59 Å². The van der Waals surface area contributed by atoms with E-state index in [2.05, 4.69) is 13.8 Å². The van der Waals surface area contributed by atoms with Crippen molar-refractivity contribution in [3.05, 3.63) is 0 Å². The lowest BCUT2D eigenvalue weighted by molar-refractivity contribution is -0.137. The van der Waals surface area contributed by atoms with Crippen LogP contribution in [0.15, 0.2) is 0 Å². The zero-order valence-corrected chi connectivity index (χ0v) is 10.1. The van der Waals surface area contributed by atoms with Crippen molar-refractivity contribution >= 4 is 11.9 Å². The number of carboxylic acids is 1. The summed E-state index contributed by atoms with van der Waals surface area (Å²) < 4.78 is 0. The van der Waals surface area contributed by atoms with Gasteiger partial charge in [-0.15, -0.1) is 0 Å². The zero-order chi connectivity index (χ0) is 12.1. The van der Waals surface area contributed by atoms with E-state index in [9.17, 15) is 9.59 Å². The van der Waals surface area contributed by atoms with Crippen molar-refractivity contribution in [2.75, 3.05) is 13.1 Å². The van der Waals surface area contributed by atoms with Gasteiger partial charge < -0.3 is 10.0 Å². The number of nitrogens with zero attached hydrogens (tertiary/aromatic N) is 1. The van der Waals surface area contributed by atoms with Gasteiger partial charge in [0.25, 0.3) is 0 Å².